The molecule has 8 heteroatoms. The molecule has 4 rings (SSSR count). The number of hydrogen-bond acceptors (Lipinski definition) is 5. The molecule has 0 fully saturated rings. The molecule has 3 aromatic carbocycles. The van der Waals surface area contributed by atoms with Gasteiger partial charge in [0.1, 0.15) is 5.75 Å². The number of methoxy groups -OCH3 is 1. The molecule has 3 amide bonds. The van der Waals surface area contributed by atoms with Crippen LogP contribution < -0.4 is 15.0 Å². The van der Waals surface area contributed by atoms with Gasteiger partial charge in [0.15, 0.2) is 0 Å². The van der Waals surface area contributed by atoms with Crippen LogP contribution in [0.15, 0.2) is 66.7 Å². The molecule has 0 saturated carbocycles. The lowest BCUT2D eigenvalue weighted by Crippen LogP contribution is -2.29. The second-order valence-electron chi connectivity index (χ2n) is 6.75. The Morgan fingerprint density at radius 1 is 0.871 bits per heavy atom. The number of hydrogen-bond donors (Lipinski definition) is 2. The topological polar surface area (TPSA) is 113 Å². The second kappa shape index (κ2) is 7.75. The van der Waals surface area contributed by atoms with Crippen LogP contribution in [0.2, 0.25) is 0 Å². The van der Waals surface area contributed by atoms with E-state index in [9.17, 15) is 19.2 Å². The van der Waals surface area contributed by atoms with Crippen LogP contribution in [0.5, 0.6) is 5.75 Å². The van der Waals surface area contributed by atoms with Crippen molar-refractivity contribution in [2.45, 2.75) is 0 Å². The molecule has 1 aliphatic rings. The van der Waals surface area contributed by atoms with Gasteiger partial charge in [0, 0.05) is 17.3 Å². The van der Waals surface area contributed by atoms with Gasteiger partial charge in [-0.15, -0.1) is 0 Å². The van der Waals surface area contributed by atoms with Crippen LogP contribution >= 0.6 is 0 Å². The van der Waals surface area contributed by atoms with Crippen molar-refractivity contribution in [1.82, 2.24) is 0 Å². The van der Waals surface area contributed by atoms with Crippen LogP contribution in [0.25, 0.3) is 0 Å². The number of anilines is 2. The Labute approximate surface area is 176 Å². The van der Waals surface area contributed by atoms with Crippen LogP contribution in [0.3, 0.4) is 0 Å². The van der Waals surface area contributed by atoms with E-state index in [0.717, 1.165) is 4.90 Å². The highest BCUT2D eigenvalue weighted by molar-refractivity contribution is 6.34. The number of carbonyl (C=O) groups excluding carboxylic acids is 3. The summed E-state index contributed by atoms with van der Waals surface area (Å²) >= 11 is 0. The molecule has 1 heterocycles. The lowest BCUT2D eigenvalue weighted by Gasteiger charge is -2.15. The molecule has 0 aromatic heterocycles. The SMILES string of the molecule is COc1cccc(NC(=O)c2cccc(N3C(=O)c4ccc(C(=O)O)cc4C3=O)c2)c1. The summed E-state index contributed by atoms with van der Waals surface area (Å²) in [7, 11) is 1.52. The molecule has 0 spiro atoms. The largest absolute Gasteiger partial charge is 0.497 e. The molecule has 3 aromatic rings. The van der Waals surface area contributed by atoms with Gasteiger partial charge in [-0.05, 0) is 48.5 Å². The molecule has 1 aliphatic heterocycles. The molecule has 0 bridgehead atoms. The van der Waals surface area contributed by atoms with Crippen LogP contribution in [0.4, 0.5) is 11.4 Å². The summed E-state index contributed by atoms with van der Waals surface area (Å²) in [6.07, 6.45) is 0. The fraction of sp³-hybridized carbons (Fsp3) is 0.0435. The summed E-state index contributed by atoms with van der Waals surface area (Å²) in [5, 5.41) is 11.9. The smallest absolute Gasteiger partial charge is 0.335 e. The third-order valence-corrected chi connectivity index (χ3v) is 4.83. The lowest BCUT2D eigenvalue weighted by atomic mass is 10.1. The van der Waals surface area contributed by atoms with Gasteiger partial charge in [-0.1, -0.05) is 12.1 Å². The Hall–Kier alpha value is -4.46. The number of fused-ring (bicyclic) bond motifs is 1. The highest BCUT2D eigenvalue weighted by Crippen LogP contribution is 2.30. The zero-order valence-corrected chi connectivity index (χ0v) is 16.3. The van der Waals surface area contributed by atoms with E-state index in [2.05, 4.69) is 5.32 Å². The van der Waals surface area contributed by atoms with E-state index in [4.69, 9.17) is 9.84 Å². The van der Waals surface area contributed by atoms with Crippen molar-refractivity contribution in [3.63, 3.8) is 0 Å². The summed E-state index contributed by atoms with van der Waals surface area (Å²) in [6.45, 7) is 0. The fourth-order valence-electron chi connectivity index (χ4n) is 3.30. The van der Waals surface area contributed by atoms with Gasteiger partial charge in [0.25, 0.3) is 17.7 Å². The van der Waals surface area contributed by atoms with Crippen molar-refractivity contribution in [1.29, 1.82) is 0 Å². The first-order valence-corrected chi connectivity index (χ1v) is 9.20. The third-order valence-electron chi connectivity index (χ3n) is 4.83. The van der Waals surface area contributed by atoms with Crippen molar-refractivity contribution in [2.75, 3.05) is 17.3 Å². The molecule has 0 radical (unpaired) electrons. The Balaban J connectivity index is 1.62. The Morgan fingerprint density at radius 2 is 1.61 bits per heavy atom. The van der Waals surface area contributed by atoms with Crippen molar-refractivity contribution >= 4 is 35.1 Å². The molecular weight excluding hydrogens is 400 g/mol. The van der Waals surface area contributed by atoms with Crippen LogP contribution in [-0.4, -0.2) is 35.9 Å². The number of carboxylic acid groups (broad SMARTS) is 1. The summed E-state index contributed by atoms with van der Waals surface area (Å²) < 4.78 is 5.14. The minimum absolute atomic E-state index is 0.0103. The fourth-order valence-corrected chi connectivity index (χ4v) is 3.30. The van der Waals surface area contributed by atoms with E-state index in [1.54, 1.807) is 36.4 Å². The van der Waals surface area contributed by atoms with Crippen LogP contribution in [0.1, 0.15) is 41.4 Å². The van der Waals surface area contributed by atoms with Gasteiger partial charge in [0.05, 0.1) is 29.5 Å². The Bertz CT molecular complexity index is 1250. The van der Waals surface area contributed by atoms with Crippen LogP contribution in [0, 0.1) is 0 Å². The van der Waals surface area contributed by atoms with E-state index in [1.807, 2.05) is 0 Å². The molecule has 154 valence electrons. The Kier molecular flexibility index (Phi) is 4.96. The van der Waals surface area contributed by atoms with Gasteiger partial charge in [-0.3, -0.25) is 14.4 Å². The normalized spacial score (nSPS) is 12.5. The highest BCUT2D eigenvalue weighted by atomic mass is 16.5. The van der Waals surface area contributed by atoms with Crippen molar-refractivity contribution in [2.24, 2.45) is 0 Å². The quantitative estimate of drug-likeness (QED) is 0.616. The van der Waals surface area contributed by atoms with Crippen molar-refractivity contribution < 1.29 is 29.0 Å². The number of ether oxygens (including phenoxy) is 1. The minimum atomic E-state index is -1.20. The number of carbonyl (C=O) groups is 4. The summed E-state index contributed by atoms with van der Waals surface area (Å²) in [6, 6.07) is 16.7. The van der Waals surface area contributed by atoms with Gasteiger partial charge >= 0.3 is 5.97 Å². The average molecular weight is 416 g/mol. The zero-order valence-electron chi connectivity index (χ0n) is 16.3. The second-order valence-corrected chi connectivity index (χ2v) is 6.75. The van der Waals surface area contributed by atoms with Crippen molar-refractivity contribution in [3.8, 4) is 5.75 Å². The molecule has 31 heavy (non-hydrogen) atoms. The first-order valence-electron chi connectivity index (χ1n) is 9.20. The van der Waals surface area contributed by atoms with Crippen LogP contribution in [-0.2, 0) is 0 Å². The molecule has 0 saturated heterocycles. The minimum Gasteiger partial charge on any atom is -0.497 e. The molecule has 0 atom stereocenters. The number of nitrogens with one attached hydrogen (secondary N) is 1. The molecule has 8 nitrogen and oxygen atoms in total. The highest BCUT2D eigenvalue weighted by Gasteiger charge is 2.37. The standard InChI is InChI=1S/C23H16N2O6/c1-31-17-7-3-5-15(12-17)24-20(26)13-4-2-6-16(10-13)25-21(27)18-9-8-14(23(29)30)11-19(18)22(25)28/h2-12H,1H3,(H,24,26)(H,29,30). The first-order chi connectivity index (χ1) is 14.9. The number of amides is 3. The predicted octanol–water partition coefficient (Wildman–Crippen LogP) is 3.45. The number of imide groups is 1. The van der Waals surface area contributed by atoms with E-state index >= 15 is 0 Å². The number of nitrogens with zero attached hydrogens (tertiary/aromatic N) is 1. The third kappa shape index (κ3) is 3.62. The maximum Gasteiger partial charge on any atom is 0.335 e. The van der Waals surface area contributed by atoms with Gasteiger partial charge in [-0.2, -0.15) is 0 Å². The van der Waals surface area contributed by atoms with Gasteiger partial charge in [-0.25, -0.2) is 9.69 Å². The maximum absolute atomic E-state index is 12.8. The van der Waals surface area contributed by atoms with Gasteiger partial charge in [0.2, 0.25) is 0 Å². The summed E-state index contributed by atoms with van der Waals surface area (Å²) in [4.78, 5) is 50.4. The number of rotatable bonds is 5. The number of aromatic carboxylic acids is 1. The zero-order chi connectivity index (χ0) is 22.1. The molecule has 0 unspecified atom stereocenters. The average Bonchev–Trinajstić information content (AvgIpc) is 3.03. The summed E-state index contributed by atoms with van der Waals surface area (Å²) in [5.74, 6) is -2.27. The van der Waals surface area contributed by atoms with E-state index in [0.29, 0.717) is 11.4 Å². The van der Waals surface area contributed by atoms with E-state index < -0.39 is 23.7 Å². The lowest BCUT2D eigenvalue weighted by molar-refractivity contribution is 0.0696. The predicted molar refractivity (Wildman–Crippen MR) is 112 cm³/mol. The molecular formula is C23H16N2O6. The Morgan fingerprint density at radius 3 is 2.35 bits per heavy atom. The van der Waals surface area contributed by atoms with Crippen molar-refractivity contribution in [3.05, 3.63) is 89.0 Å². The maximum atomic E-state index is 12.8. The number of benzene rings is 3. The monoisotopic (exact) mass is 416 g/mol. The summed E-state index contributed by atoms with van der Waals surface area (Å²) in [5.41, 5.74) is 1.01. The molecule has 2 N–H and O–H groups in total. The van der Waals surface area contributed by atoms with E-state index in [-0.39, 0.29) is 27.9 Å². The van der Waals surface area contributed by atoms with Gasteiger partial charge < -0.3 is 15.2 Å². The first kappa shape index (κ1) is 19.8. The number of carboxylic acids is 1. The molecule has 0 aliphatic carbocycles. The van der Waals surface area contributed by atoms with E-state index in [1.165, 1.54) is 37.4 Å².